The van der Waals surface area contributed by atoms with Gasteiger partial charge in [-0.25, -0.2) is 0 Å². The van der Waals surface area contributed by atoms with Crippen LogP contribution in [0, 0.1) is 5.92 Å². The molecule has 1 aliphatic heterocycles. The first-order valence-electron chi connectivity index (χ1n) is 9.25. The maximum Gasteiger partial charge on any atom is 0.417 e. The standard InChI is InChI=1S/C21H21F3N2O3/c22-21(23,24)18-7-2-1-6-17(18)19(27)25-16-5-3-4-14(12-16)13-26-10-8-15(9-11-26)20(28)29/h1-7,12,15H,8-11,13H2,(H,25,27)(H,28,29). The van der Waals surface area contributed by atoms with Crippen molar-refractivity contribution in [2.24, 2.45) is 5.92 Å². The van der Waals surface area contributed by atoms with Crippen LogP contribution in [0.4, 0.5) is 18.9 Å². The van der Waals surface area contributed by atoms with Crippen LogP contribution in [0.2, 0.25) is 0 Å². The van der Waals surface area contributed by atoms with Crippen LogP contribution in [0.1, 0.15) is 34.3 Å². The lowest BCUT2D eigenvalue weighted by atomic mass is 9.97. The maximum atomic E-state index is 13.1. The lowest BCUT2D eigenvalue weighted by molar-refractivity contribution is -0.143. The van der Waals surface area contributed by atoms with E-state index >= 15 is 0 Å². The molecule has 0 atom stereocenters. The summed E-state index contributed by atoms with van der Waals surface area (Å²) in [6.07, 6.45) is -3.45. The number of carbonyl (C=O) groups is 2. The summed E-state index contributed by atoms with van der Waals surface area (Å²) in [6, 6.07) is 11.6. The van der Waals surface area contributed by atoms with Crippen molar-refractivity contribution in [3.8, 4) is 0 Å². The summed E-state index contributed by atoms with van der Waals surface area (Å²) in [5, 5.41) is 11.6. The quantitative estimate of drug-likeness (QED) is 0.779. The highest BCUT2D eigenvalue weighted by molar-refractivity contribution is 6.05. The predicted octanol–water partition coefficient (Wildman–Crippen LogP) is 4.25. The molecule has 5 nitrogen and oxygen atoms in total. The third-order valence-electron chi connectivity index (χ3n) is 5.00. The number of rotatable bonds is 5. The van der Waals surface area contributed by atoms with Crippen molar-refractivity contribution in [3.05, 3.63) is 65.2 Å². The number of anilines is 1. The molecule has 0 saturated carbocycles. The second-order valence-electron chi connectivity index (χ2n) is 7.09. The van der Waals surface area contributed by atoms with Gasteiger partial charge in [0.05, 0.1) is 17.0 Å². The number of likely N-dealkylation sites (tertiary alicyclic amines) is 1. The molecule has 29 heavy (non-hydrogen) atoms. The van der Waals surface area contributed by atoms with E-state index in [1.165, 1.54) is 12.1 Å². The van der Waals surface area contributed by atoms with Crippen LogP contribution in [0.3, 0.4) is 0 Å². The minimum absolute atomic E-state index is 0.314. The molecular formula is C21H21F3N2O3. The molecule has 1 saturated heterocycles. The number of carbonyl (C=O) groups excluding carboxylic acids is 1. The molecule has 0 unspecified atom stereocenters. The topological polar surface area (TPSA) is 69.6 Å². The summed E-state index contributed by atoms with van der Waals surface area (Å²) in [6.45, 7) is 1.90. The average molecular weight is 406 g/mol. The van der Waals surface area contributed by atoms with E-state index in [9.17, 15) is 22.8 Å². The van der Waals surface area contributed by atoms with Gasteiger partial charge in [0.2, 0.25) is 0 Å². The number of nitrogens with one attached hydrogen (secondary N) is 1. The third-order valence-corrected chi connectivity index (χ3v) is 5.00. The van der Waals surface area contributed by atoms with E-state index in [1.807, 2.05) is 6.07 Å². The molecule has 1 amide bonds. The number of amides is 1. The number of nitrogens with zero attached hydrogens (tertiary/aromatic N) is 1. The first-order chi connectivity index (χ1) is 13.7. The molecule has 154 valence electrons. The molecule has 0 radical (unpaired) electrons. The van der Waals surface area contributed by atoms with Crippen molar-refractivity contribution in [2.75, 3.05) is 18.4 Å². The van der Waals surface area contributed by atoms with Gasteiger partial charge in [-0.05, 0) is 55.8 Å². The monoisotopic (exact) mass is 406 g/mol. The Morgan fingerprint density at radius 2 is 1.76 bits per heavy atom. The molecule has 8 heteroatoms. The fraction of sp³-hybridized carbons (Fsp3) is 0.333. The Morgan fingerprint density at radius 3 is 2.41 bits per heavy atom. The Labute approximate surface area is 166 Å². The van der Waals surface area contributed by atoms with E-state index in [0.29, 0.717) is 38.2 Å². The molecule has 0 aromatic heterocycles. The van der Waals surface area contributed by atoms with Crippen LogP contribution in [-0.4, -0.2) is 35.0 Å². The van der Waals surface area contributed by atoms with E-state index < -0.39 is 29.2 Å². The second kappa shape index (κ2) is 8.65. The number of alkyl halides is 3. The van der Waals surface area contributed by atoms with Gasteiger partial charge in [0.25, 0.3) is 5.91 Å². The number of carboxylic acids is 1. The Bertz CT molecular complexity index is 891. The van der Waals surface area contributed by atoms with Crippen molar-refractivity contribution >= 4 is 17.6 Å². The average Bonchev–Trinajstić information content (AvgIpc) is 2.68. The molecule has 2 aromatic rings. The van der Waals surface area contributed by atoms with E-state index in [2.05, 4.69) is 10.2 Å². The molecule has 1 heterocycles. The Hall–Kier alpha value is -2.87. The summed E-state index contributed by atoms with van der Waals surface area (Å²) < 4.78 is 39.4. The fourth-order valence-corrected chi connectivity index (χ4v) is 3.47. The van der Waals surface area contributed by atoms with Gasteiger partial charge in [-0.2, -0.15) is 13.2 Å². The number of carboxylic acid groups (broad SMARTS) is 1. The van der Waals surface area contributed by atoms with Gasteiger partial charge < -0.3 is 10.4 Å². The molecule has 1 aliphatic rings. The summed E-state index contributed by atoms with van der Waals surface area (Å²) in [7, 11) is 0. The summed E-state index contributed by atoms with van der Waals surface area (Å²) in [5.41, 5.74) is -0.110. The fourth-order valence-electron chi connectivity index (χ4n) is 3.47. The Morgan fingerprint density at radius 1 is 1.07 bits per heavy atom. The van der Waals surface area contributed by atoms with Crippen LogP contribution >= 0.6 is 0 Å². The van der Waals surface area contributed by atoms with Crippen LogP contribution in [0.25, 0.3) is 0 Å². The minimum atomic E-state index is -4.61. The van der Waals surface area contributed by atoms with Crippen molar-refractivity contribution in [3.63, 3.8) is 0 Å². The number of piperidine rings is 1. The van der Waals surface area contributed by atoms with Gasteiger partial charge in [0, 0.05) is 12.2 Å². The Kier molecular flexibility index (Phi) is 6.22. The molecule has 3 rings (SSSR count). The zero-order chi connectivity index (χ0) is 21.0. The van der Waals surface area contributed by atoms with E-state index in [-0.39, 0.29) is 5.92 Å². The zero-order valence-electron chi connectivity index (χ0n) is 15.6. The largest absolute Gasteiger partial charge is 0.481 e. The third kappa shape index (κ3) is 5.35. The van der Waals surface area contributed by atoms with Crippen molar-refractivity contribution in [1.82, 2.24) is 4.90 Å². The van der Waals surface area contributed by atoms with Gasteiger partial charge in [0.15, 0.2) is 0 Å². The highest BCUT2D eigenvalue weighted by Gasteiger charge is 2.34. The van der Waals surface area contributed by atoms with Crippen molar-refractivity contribution < 1.29 is 27.9 Å². The van der Waals surface area contributed by atoms with Crippen LogP contribution in [-0.2, 0) is 17.5 Å². The van der Waals surface area contributed by atoms with Gasteiger partial charge in [-0.3, -0.25) is 14.5 Å². The van der Waals surface area contributed by atoms with Gasteiger partial charge in [-0.15, -0.1) is 0 Å². The SMILES string of the molecule is O=C(Nc1cccc(CN2CCC(C(=O)O)CC2)c1)c1ccccc1C(F)(F)F. The lowest BCUT2D eigenvalue weighted by Gasteiger charge is -2.30. The van der Waals surface area contributed by atoms with Crippen molar-refractivity contribution in [1.29, 1.82) is 0 Å². The first-order valence-corrected chi connectivity index (χ1v) is 9.25. The van der Waals surface area contributed by atoms with E-state index in [0.717, 1.165) is 17.7 Å². The number of aliphatic carboxylic acids is 1. The molecular weight excluding hydrogens is 385 g/mol. The van der Waals surface area contributed by atoms with E-state index in [4.69, 9.17) is 5.11 Å². The molecule has 2 aromatic carbocycles. The summed E-state index contributed by atoms with van der Waals surface area (Å²) >= 11 is 0. The maximum absolute atomic E-state index is 13.1. The Balaban J connectivity index is 1.67. The van der Waals surface area contributed by atoms with Crippen LogP contribution < -0.4 is 5.32 Å². The second-order valence-corrected chi connectivity index (χ2v) is 7.09. The summed E-state index contributed by atoms with van der Waals surface area (Å²) in [5.74, 6) is -1.91. The molecule has 2 N–H and O–H groups in total. The highest BCUT2D eigenvalue weighted by Crippen LogP contribution is 2.32. The van der Waals surface area contributed by atoms with Gasteiger partial charge in [-0.1, -0.05) is 24.3 Å². The predicted molar refractivity (Wildman–Crippen MR) is 101 cm³/mol. The smallest absolute Gasteiger partial charge is 0.417 e. The number of hydrogen-bond acceptors (Lipinski definition) is 3. The molecule has 0 aliphatic carbocycles. The van der Waals surface area contributed by atoms with Gasteiger partial charge >= 0.3 is 12.1 Å². The lowest BCUT2D eigenvalue weighted by Crippen LogP contribution is -2.35. The molecule has 0 spiro atoms. The van der Waals surface area contributed by atoms with Crippen LogP contribution in [0.15, 0.2) is 48.5 Å². The zero-order valence-corrected chi connectivity index (χ0v) is 15.6. The molecule has 1 fully saturated rings. The van der Waals surface area contributed by atoms with Gasteiger partial charge in [0.1, 0.15) is 0 Å². The van der Waals surface area contributed by atoms with Crippen LogP contribution in [0.5, 0.6) is 0 Å². The molecule has 0 bridgehead atoms. The highest BCUT2D eigenvalue weighted by atomic mass is 19.4. The normalized spacial score (nSPS) is 15.8. The number of hydrogen-bond donors (Lipinski definition) is 2. The number of benzene rings is 2. The minimum Gasteiger partial charge on any atom is -0.481 e. The number of halogens is 3. The van der Waals surface area contributed by atoms with E-state index in [1.54, 1.807) is 18.2 Å². The van der Waals surface area contributed by atoms with Crippen molar-refractivity contribution in [2.45, 2.75) is 25.6 Å². The summed E-state index contributed by atoms with van der Waals surface area (Å²) in [4.78, 5) is 25.6. The first kappa shape index (κ1) is 20.9.